The van der Waals surface area contributed by atoms with Gasteiger partial charge in [-0.05, 0) is 43.2 Å². The van der Waals surface area contributed by atoms with Gasteiger partial charge in [0.25, 0.3) is 0 Å². The van der Waals surface area contributed by atoms with E-state index in [2.05, 4.69) is 5.32 Å². The number of hydrogen-bond acceptors (Lipinski definition) is 4. The maximum Gasteiger partial charge on any atom is 0.249 e. The molecular weight excluding hydrogens is 328 g/mol. The summed E-state index contributed by atoms with van der Waals surface area (Å²) in [6, 6.07) is 8.31. The normalized spacial score (nSPS) is 11.6. The number of nitriles is 1. The first-order valence-electron chi connectivity index (χ1n) is 7.47. The molecule has 2 aromatic rings. The van der Waals surface area contributed by atoms with Gasteiger partial charge in [0.05, 0.1) is 6.07 Å². The number of amides is 1. The molecular formula is C18H17ClN2O3. The topological polar surface area (TPSA) is 83.1 Å². The molecule has 1 atom stereocenters. The largest absolute Gasteiger partial charge is 0.458 e. The molecule has 5 nitrogen and oxygen atoms in total. The summed E-state index contributed by atoms with van der Waals surface area (Å²) in [7, 11) is 0. The molecule has 1 heterocycles. The van der Waals surface area contributed by atoms with Crippen LogP contribution in [0.3, 0.4) is 0 Å². The molecule has 0 spiro atoms. The first kappa shape index (κ1) is 17.8. The van der Waals surface area contributed by atoms with Gasteiger partial charge in [0.15, 0.2) is 11.7 Å². The number of carbonyl (C=O) groups excluding carboxylic acids is 2. The molecule has 0 saturated carbocycles. The van der Waals surface area contributed by atoms with E-state index in [9.17, 15) is 14.9 Å². The van der Waals surface area contributed by atoms with Gasteiger partial charge in [0.2, 0.25) is 11.7 Å². The zero-order chi connectivity index (χ0) is 17.9. The molecule has 0 aliphatic carbocycles. The van der Waals surface area contributed by atoms with Crippen LogP contribution in [0.5, 0.6) is 0 Å². The van der Waals surface area contributed by atoms with E-state index in [1.54, 1.807) is 37.3 Å². The fraction of sp³-hybridized carbons (Fsp3) is 0.278. The fourth-order valence-corrected chi connectivity index (χ4v) is 2.48. The molecule has 1 N–H and O–H groups in total. The van der Waals surface area contributed by atoms with Gasteiger partial charge in [-0.2, -0.15) is 5.26 Å². The van der Waals surface area contributed by atoms with Crippen molar-refractivity contribution in [3.8, 4) is 6.07 Å². The number of ketones is 1. The van der Waals surface area contributed by atoms with Crippen LogP contribution >= 0.6 is 11.6 Å². The maximum atomic E-state index is 12.4. The predicted octanol–water partition coefficient (Wildman–Crippen LogP) is 4.07. The third-order valence-corrected chi connectivity index (χ3v) is 3.93. The van der Waals surface area contributed by atoms with Crippen molar-refractivity contribution in [2.75, 3.05) is 5.32 Å². The Labute approximate surface area is 145 Å². The summed E-state index contributed by atoms with van der Waals surface area (Å²) in [5, 5.41) is 12.3. The Hall–Kier alpha value is -2.58. The van der Waals surface area contributed by atoms with Gasteiger partial charge in [-0.25, -0.2) is 0 Å². The van der Waals surface area contributed by atoms with Crippen LogP contribution in [0.2, 0.25) is 5.02 Å². The van der Waals surface area contributed by atoms with E-state index in [1.165, 1.54) is 0 Å². The second kappa shape index (κ2) is 7.33. The van der Waals surface area contributed by atoms with E-state index in [1.807, 2.05) is 13.8 Å². The molecule has 1 aromatic carbocycles. The Morgan fingerprint density at radius 1 is 1.29 bits per heavy atom. The molecule has 6 heteroatoms. The van der Waals surface area contributed by atoms with Gasteiger partial charge in [-0.15, -0.1) is 0 Å². The highest BCUT2D eigenvalue weighted by atomic mass is 35.5. The highest BCUT2D eigenvalue weighted by molar-refractivity contribution is 6.31. The quantitative estimate of drug-likeness (QED) is 0.654. The molecule has 0 aliphatic rings. The van der Waals surface area contributed by atoms with Crippen molar-refractivity contribution >= 4 is 29.0 Å². The minimum atomic E-state index is -1.49. The van der Waals surface area contributed by atoms with Crippen LogP contribution < -0.4 is 5.32 Å². The Morgan fingerprint density at radius 3 is 2.58 bits per heavy atom. The second-order valence-corrected chi connectivity index (χ2v) is 5.88. The summed E-state index contributed by atoms with van der Waals surface area (Å²) >= 11 is 5.91. The van der Waals surface area contributed by atoms with Crippen LogP contribution in [0.4, 0.5) is 5.69 Å². The van der Waals surface area contributed by atoms with Crippen LogP contribution in [0, 0.1) is 31.1 Å². The minimum absolute atomic E-state index is 0.0221. The van der Waals surface area contributed by atoms with Crippen LogP contribution in [0.1, 0.15) is 34.4 Å². The summed E-state index contributed by atoms with van der Waals surface area (Å²) in [6.07, 6.45) is 0.629. The average Bonchev–Trinajstić information content (AvgIpc) is 2.92. The fourth-order valence-electron chi connectivity index (χ4n) is 2.30. The lowest BCUT2D eigenvalue weighted by Gasteiger charge is -2.11. The summed E-state index contributed by atoms with van der Waals surface area (Å²) in [5.74, 6) is -2.16. The number of rotatable bonds is 5. The number of benzene rings is 1. The summed E-state index contributed by atoms with van der Waals surface area (Å²) in [6.45, 7) is 5.50. The molecule has 24 heavy (non-hydrogen) atoms. The van der Waals surface area contributed by atoms with Gasteiger partial charge < -0.3 is 9.73 Å². The lowest BCUT2D eigenvalue weighted by molar-refractivity contribution is -0.117. The monoisotopic (exact) mass is 344 g/mol. The highest BCUT2D eigenvalue weighted by Crippen LogP contribution is 2.22. The second-order valence-electron chi connectivity index (χ2n) is 5.45. The number of Topliss-reactive ketones (excluding diaryl/α,β-unsaturated/α-hetero) is 1. The Kier molecular flexibility index (Phi) is 5.42. The number of nitrogens with one attached hydrogen (secondary N) is 1. The standard InChI is InChI=1S/C18H17ClN2O3/c1-4-15-11(3)7-16(24-15)17(22)13(9-20)18(23)21-14-8-12(19)6-5-10(14)2/h5-8,13H,4H2,1-3H3,(H,21,23)/t13-/m1/s1. The smallest absolute Gasteiger partial charge is 0.249 e. The van der Waals surface area contributed by atoms with E-state index in [0.717, 1.165) is 11.1 Å². The van der Waals surface area contributed by atoms with Crippen LogP contribution in [-0.2, 0) is 11.2 Å². The maximum absolute atomic E-state index is 12.4. The Balaban J connectivity index is 2.23. The van der Waals surface area contributed by atoms with Crippen LogP contribution in [-0.4, -0.2) is 11.7 Å². The van der Waals surface area contributed by atoms with E-state index in [-0.39, 0.29) is 5.76 Å². The molecule has 0 bridgehead atoms. The van der Waals surface area contributed by atoms with Gasteiger partial charge in [-0.3, -0.25) is 9.59 Å². The molecule has 0 fully saturated rings. The van der Waals surface area contributed by atoms with Crippen molar-refractivity contribution < 1.29 is 14.0 Å². The molecule has 0 unspecified atom stereocenters. The lowest BCUT2D eigenvalue weighted by Crippen LogP contribution is -2.28. The third-order valence-electron chi connectivity index (χ3n) is 3.70. The Morgan fingerprint density at radius 2 is 2.00 bits per heavy atom. The number of anilines is 1. The molecule has 124 valence electrons. The summed E-state index contributed by atoms with van der Waals surface area (Å²) in [4.78, 5) is 24.8. The third kappa shape index (κ3) is 3.66. The first-order valence-corrected chi connectivity index (χ1v) is 7.85. The SMILES string of the molecule is CCc1oc(C(=O)[C@@H](C#N)C(=O)Nc2cc(Cl)ccc2C)cc1C. The van der Waals surface area contributed by atoms with Crippen molar-refractivity contribution in [1.29, 1.82) is 5.26 Å². The minimum Gasteiger partial charge on any atom is -0.458 e. The highest BCUT2D eigenvalue weighted by Gasteiger charge is 2.30. The van der Waals surface area contributed by atoms with E-state index >= 15 is 0 Å². The zero-order valence-corrected chi connectivity index (χ0v) is 14.4. The first-order chi connectivity index (χ1) is 11.4. The molecule has 0 aliphatic heterocycles. The summed E-state index contributed by atoms with van der Waals surface area (Å²) < 4.78 is 5.45. The molecule has 2 rings (SSSR count). The zero-order valence-electron chi connectivity index (χ0n) is 13.6. The summed E-state index contributed by atoms with van der Waals surface area (Å²) in [5.41, 5.74) is 2.06. The van der Waals surface area contributed by atoms with Crippen LogP contribution in [0.15, 0.2) is 28.7 Å². The molecule has 0 saturated heterocycles. The molecule has 0 radical (unpaired) electrons. The van der Waals surface area contributed by atoms with Crippen molar-refractivity contribution in [2.45, 2.75) is 27.2 Å². The Bertz CT molecular complexity index is 833. The predicted molar refractivity (Wildman–Crippen MR) is 91.1 cm³/mol. The van der Waals surface area contributed by atoms with Gasteiger partial charge in [0, 0.05) is 17.1 Å². The lowest BCUT2D eigenvalue weighted by atomic mass is 10.0. The number of nitrogens with zero attached hydrogens (tertiary/aromatic N) is 1. The van der Waals surface area contributed by atoms with E-state index in [4.69, 9.17) is 16.0 Å². The van der Waals surface area contributed by atoms with Gasteiger partial charge >= 0.3 is 0 Å². The molecule has 1 amide bonds. The number of halogens is 1. The van der Waals surface area contributed by atoms with Crippen molar-refractivity contribution in [3.63, 3.8) is 0 Å². The average molecular weight is 345 g/mol. The number of furan rings is 1. The number of hydrogen-bond donors (Lipinski definition) is 1. The molecule has 1 aromatic heterocycles. The van der Waals surface area contributed by atoms with Crippen LogP contribution in [0.25, 0.3) is 0 Å². The number of carbonyl (C=O) groups is 2. The van der Waals surface area contributed by atoms with Crippen molar-refractivity contribution in [3.05, 3.63) is 51.9 Å². The van der Waals surface area contributed by atoms with Crippen molar-refractivity contribution in [1.82, 2.24) is 0 Å². The van der Waals surface area contributed by atoms with Gasteiger partial charge in [-0.1, -0.05) is 24.6 Å². The van der Waals surface area contributed by atoms with E-state index < -0.39 is 17.6 Å². The number of aryl methyl sites for hydroxylation is 3. The van der Waals surface area contributed by atoms with E-state index in [0.29, 0.717) is 22.9 Å². The van der Waals surface area contributed by atoms with Gasteiger partial charge in [0.1, 0.15) is 5.76 Å². The van der Waals surface area contributed by atoms with Crippen molar-refractivity contribution in [2.24, 2.45) is 5.92 Å².